The van der Waals surface area contributed by atoms with Gasteiger partial charge in [0, 0.05) is 47.0 Å². The molecule has 7 heteroatoms. The number of hydrogen-bond donors (Lipinski definition) is 0. The van der Waals surface area contributed by atoms with E-state index in [2.05, 4.69) is 134 Å². The van der Waals surface area contributed by atoms with Gasteiger partial charge in [0.2, 0.25) is 0 Å². The zero-order valence-electron chi connectivity index (χ0n) is 27.2. The normalized spacial score (nSPS) is 11.7. The van der Waals surface area contributed by atoms with Crippen LogP contribution in [-0.4, -0.2) is 34.5 Å². The predicted octanol–water partition coefficient (Wildman–Crippen LogP) is 10.1. The van der Waals surface area contributed by atoms with E-state index in [1.54, 1.807) is 24.8 Å². The number of nitrogens with zero attached hydrogens (tertiary/aromatic N) is 7. The molecule has 4 aromatic heterocycles. The molecule has 0 aliphatic rings. The molecule has 50 heavy (non-hydrogen) atoms. The van der Waals surface area contributed by atoms with Crippen molar-refractivity contribution in [3.8, 4) is 39.2 Å². The van der Waals surface area contributed by atoms with Crippen LogP contribution < -0.4 is 0 Å². The van der Waals surface area contributed by atoms with Crippen LogP contribution in [0, 0.1) is 0 Å². The van der Waals surface area contributed by atoms with Crippen LogP contribution in [0.15, 0.2) is 141 Å². The van der Waals surface area contributed by atoms with Gasteiger partial charge in [-0.15, -0.1) is 0 Å². The van der Waals surface area contributed by atoms with Crippen molar-refractivity contribution in [1.29, 1.82) is 0 Å². The van der Waals surface area contributed by atoms with E-state index >= 15 is 0 Å². The van der Waals surface area contributed by atoms with Gasteiger partial charge in [-0.25, -0.2) is 9.97 Å². The van der Waals surface area contributed by atoms with Crippen molar-refractivity contribution in [3.63, 3.8) is 0 Å². The summed E-state index contributed by atoms with van der Waals surface area (Å²) >= 11 is 0. The summed E-state index contributed by atoms with van der Waals surface area (Å²) in [5.41, 5.74) is 14.3. The highest BCUT2D eigenvalue weighted by molar-refractivity contribution is 6.17. The lowest BCUT2D eigenvalue weighted by atomic mass is 9.95. The molecule has 9 rings (SSSR count). The van der Waals surface area contributed by atoms with Crippen molar-refractivity contribution < 1.29 is 0 Å². The summed E-state index contributed by atoms with van der Waals surface area (Å²) in [5, 5.41) is 1.19. The Balaban J connectivity index is 1.26. The van der Waals surface area contributed by atoms with Gasteiger partial charge in [-0.3, -0.25) is 19.9 Å². The summed E-state index contributed by atoms with van der Waals surface area (Å²) in [5.74, 6) is 0. The lowest BCUT2D eigenvalue weighted by Crippen LogP contribution is -1.98. The third kappa shape index (κ3) is 4.75. The van der Waals surface area contributed by atoms with Crippen molar-refractivity contribution in [2.24, 2.45) is 0 Å². The Labute approximate surface area is 288 Å². The second kappa shape index (κ2) is 12.0. The number of rotatable bonds is 6. The molecule has 0 fully saturated rings. The molecule has 0 N–H and O–H groups in total. The Morgan fingerprint density at radius 3 is 1.86 bits per heavy atom. The molecule has 0 atom stereocenters. The number of benzene rings is 5. The van der Waals surface area contributed by atoms with Crippen LogP contribution in [0.25, 0.3) is 95.4 Å². The first-order valence-electron chi connectivity index (χ1n) is 16.4. The van der Waals surface area contributed by atoms with Crippen molar-refractivity contribution in [3.05, 3.63) is 152 Å². The van der Waals surface area contributed by atoms with Crippen LogP contribution in [0.3, 0.4) is 0 Å². The van der Waals surface area contributed by atoms with Gasteiger partial charge in [0.25, 0.3) is 0 Å². The van der Waals surface area contributed by atoms with Crippen LogP contribution in [0.5, 0.6) is 0 Å². The second-order valence-electron chi connectivity index (χ2n) is 12.0. The quantitative estimate of drug-likeness (QED) is 0.168. The highest BCUT2D eigenvalue weighted by Crippen LogP contribution is 2.37. The first-order chi connectivity index (χ1) is 24.7. The first-order valence-corrected chi connectivity index (χ1v) is 16.4. The van der Waals surface area contributed by atoms with Crippen LogP contribution in [0.4, 0.5) is 0 Å². The molecule has 5 aromatic carbocycles. The number of allylic oxidation sites excluding steroid dienone is 1. The monoisotopic (exact) mass is 643 g/mol. The minimum absolute atomic E-state index is 0.639. The molecule has 0 aliphatic heterocycles. The van der Waals surface area contributed by atoms with Gasteiger partial charge in [0.1, 0.15) is 33.1 Å². The summed E-state index contributed by atoms with van der Waals surface area (Å²) in [4.78, 5) is 28.5. The number of hydrogen-bond acceptors (Lipinski definition) is 6. The van der Waals surface area contributed by atoms with Crippen LogP contribution in [0.2, 0.25) is 0 Å². The van der Waals surface area contributed by atoms with Gasteiger partial charge in [-0.05, 0) is 71.7 Å². The zero-order valence-corrected chi connectivity index (χ0v) is 27.2. The Bertz CT molecular complexity index is 2760. The van der Waals surface area contributed by atoms with Gasteiger partial charge >= 0.3 is 0 Å². The summed E-state index contributed by atoms with van der Waals surface area (Å²) in [6.07, 6.45) is 14.7. The SMILES string of the molecule is C=Cc1c(/C=C\C)c2ccccc2n1-c1cccc(-c2cc(-c3ccccc3)cc(-c3cnc4c5nccnc5c5nccnc5c4n3)c2)c1. The molecule has 0 saturated heterocycles. The molecule has 0 aliphatic carbocycles. The van der Waals surface area contributed by atoms with Gasteiger partial charge in [0.15, 0.2) is 0 Å². The van der Waals surface area contributed by atoms with E-state index in [9.17, 15) is 0 Å². The fraction of sp³-hybridized carbons (Fsp3) is 0.0233. The third-order valence-electron chi connectivity index (χ3n) is 9.09. The smallest absolute Gasteiger partial charge is 0.120 e. The largest absolute Gasteiger partial charge is 0.309 e. The van der Waals surface area contributed by atoms with Crippen LogP contribution in [0.1, 0.15) is 18.2 Å². The Morgan fingerprint density at radius 1 is 0.560 bits per heavy atom. The van der Waals surface area contributed by atoms with E-state index in [0.717, 1.165) is 56.0 Å². The summed E-state index contributed by atoms with van der Waals surface area (Å²) in [6, 6.07) is 34.2. The standard InChI is InChI=1S/C43H29N7/c1-3-11-33-34-16-8-9-17-37(34)50(36(33)4-2)32-15-10-14-28(25-32)30-22-29(27-12-6-5-7-13-27)23-31(24-30)35-26-48-42-40-38(44-18-19-46-40)39-41(43(42)49-35)47-21-20-45-39/h3-26H,2H2,1H3/b11-3-. The molecule has 0 spiro atoms. The first kappa shape index (κ1) is 29.3. The lowest BCUT2D eigenvalue weighted by Gasteiger charge is -2.14. The number of para-hydroxylation sites is 1. The average Bonchev–Trinajstić information content (AvgIpc) is 3.51. The maximum atomic E-state index is 5.18. The van der Waals surface area contributed by atoms with E-state index in [4.69, 9.17) is 9.97 Å². The average molecular weight is 644 g/mol. The fourth-order valence-electron chi connectivity index (χ4n) is 6.91. The molecule has 4 heterocycles. The highest BCUT2D eigenvalue weighted by Gasteiger charge is 2.18. The van der Waals surface area contributed by atoms with Gasteiger partial charge in [0.05, 0.1) is 23.1 Å². The van der Waals surface area contributed by atoms with Crippen molar-refractivity contribution in [2.45, 2.75) is 6.92 Å². The van der Waals surface area contributed by atoms with E-state index < -0.39 is 0 Å². The van der Waals surface area contributed by atoms with Crippen LogP contribution >= 0.6 is 0 Å². The van der Waals surface area contributed by atoms with Crippen molar-refractivity contribution in [1.82, 2.24) is 34.5 Å². The second-order valence-corrected chi connectivity index (χ2v) is 12.0. The minimum atomic E-state index is 0.639. The molecular formula is C43H29N7. The molecule has 0 saturated carbocycles. The summed E-state index contributed by atoms with van der Waals surface area (Å²) in [7, 11) is 0. The van der Waals surface area contributed by atoms with Crippen molar-refractivity contribution in [2.75, 3.05) is 0 Å². The van der Waals surface area contributed by atoms with Crippen LogP contribution in [-0.2, 0) is 0 Å². The van der Waals surface area contributed by atoms with E-state index in [1.165, 1.54) is 5.39 Å². The molecule has 236 valence electrons. The minimum Gasteiger partial charge on any atom is -0.309 e. The molecular weight excluding hydrogens is 615 g/mol. The molecule has 0 radical (unpaired) electrons. The van der Waals surface area contributed by atoms with E-state index in [-0.39, 0.29) is 0 Å². The molecule has 0 amide bonds. The Hall–Kier alpha value is -6.86. The van der Waals surface area contributed by atoms with E-state index in [0.29, 0.717) is 33.1 Å². The molecule has 0 bridgehead atoms. The Kier molecular flexibility index (Phi) is 7.02. The molecule has 0 unspecified atom stereocenters. The maximum absolute atomic E-state index is 5.18. The van der Waals surface area contributed by atoms with Crippen molar-refractivity contribution >= 4 is 56.2 Å². The summed E-state index contributed by atoms with van der Waals surface area (Å²) < 4.78 is 2.29. The van der Waals surface area contributed by atoms with E-state index in [1.807, 2.05) is 25.3 Å². The Morgan fingerprint density at radius 2 is 1.16 bits per heavy atom. The van der Waals surface area contributed by atoms with Gasteiger partial charge < -0.3 is 4.57 Å². The topological polar surface area (TPSA) is 82.3 Å². The number of fused-ring (bicyclic) bond motifs is 7. The highest BCUT2D eigenvalue weighted by atomic mass is 15.0. The summed E-state index contributed by atoms with van der Waals surface area (Å²) in [6.45, 7) is 6.24. The predicted molar refractivity (Wildman–Crippen MR) is 204 cm³/mol. The lowest BCUT2D eigenvalue weighted by molar-refractivity contribution is 1.11. The van der Waals surface area contributed by atoms with Gasteiger partial charge in [-0.2, -0.15) is 0 Å². The zero-order chi connectivity index (χ0) is 33.6. The number of aromatic nitrogens is 7. The maximum Gasteiger partial charge on any atom is 0.120 e. The third-order valence-corrected chi connectivity index (χ3v) is 9.09. The molecule has 9 aromatic rings. The fourth-order valence-corrected chi connectivity index (χ4v) is 6.91. The molecule has 7 nitrogen and oxygen atoms in total. The van der Waals surface area contributed by atoms with Gasteiger partial charge in [-0.1, -0.05) is 79.4 Å².